The average Bonchev–Trinajstić information content (AvgIpc) is 2.55. The molecule has 1 aromatic rings. The van der Waals surface area contributed by atoms with E-state index in [2.05, 4.69) is 34.5 Å². The Bertz CT molecular complexity index is 477. The van der Waals surface area contributed by atoms with Gasteiger partial charge in [0.1, 0.15) is 6.04 Å². The van der Waals surface area contributed by atoms with Gasteiger partial charge in [-0.3, -0.25) is 9.69 Å². The van der Waals surface area contributed by atoms with Crippen LogP contribution in [0.5, 0.6) is 0 Å². The lowest BCUT2D eigenvalue weighted by Gasteiger charge is -2.45. The molecular weight excluding hydrogens is 264 g/mol. The molecule has 3 rings (SSSR count). The summed E-state index contributed by atoms with van der Waals surface area (Å²) < 4.78 is 0. The fraction of sp³-hybridized carbons (Fsp3) is 0.588. The molecule has 0 amide bonds. The maximum atomic E-state index is 11.6. The van der Waals surface area contributed by atoms with E-state index in [-0.39, 0.29) is 6.04 Å². The van der Waals surface area contributed by atoms with Crippen LogP contribution in [0.25, 0.3) is 0 Å². The second kappa shape index (κ2) is 6.58. The summed E-state index contributed by atoms with van der Waals surface area (Å²) in [6, 6.07) is 10.6. The van der Waals surface area contributed by atoms with Crippen molar-refractivity contribution >= 4 is 5.97 Å². The number of hydrogen-bond donors (Lipinski definition) is 2. The molecule has 1 heterocycles. The standard InChI is InChI=1S/C17H24N2O2/c20-17(21)16-12-18-10-11-19(16)15-9-5-4-8-14(15)13-6-2-1-3-7-13/h1-3,6-7,14-16,18H,4-5,8-12H2,(H,20,21). The highest BCUT2D eigenvalue weighted by molar-refractivity contribution is 5.74. The number of nitrogens with zero attached hydrogens (tertiary/aromatic N) is 1. The third kappa shape index (κ3) is 3.11. The Labute approximate surface area is 126 Å². The van der Waals surface area contributed by atoms with Crippen molar-refractivity contribution in [3.63, 3.8) is 0 Å². The third-order valence-corrected chi connectivity index (χ3v) is 4.95. The Morgan fingerprint density at radius 3 is 2.71 bits per heavy atom. The number of nitrogens with one attached hydrogen (secondary N) is 1. The topological polar surface area (TPSA) is 52.6 Å². The molecule has 114 valence electrons. The van der Waals surface area contributed by atoms with E-state index in [1.54, 1.807) is 0 Å². The minimum atomic E-state index is -0.695. The summed E-state index contributed by atoms with van der Waals surface area (Å²) in [4.78, 5) is 13.8. The average molecular weight is 288 g/mol. The van der Waals surface area contributed by atoms with Gasteiger partial charge in [0.25, 0.3) is 0 Å². The van der Waals surface area contributed by atoms with Crippen LogP contribution in [-0.2, 0) is 4.79 Å². The normalized spacial score (nSPS) is 31.0. The van der Waals surface area contributed by atoms with E-state index in [0.717, 1.165) is 19.5 Å². The zero-order valence-corrected chi connectivity index (χ0v) is 12.4. The van der Waals surface area contributed by atoms with Crippen molar-refractivity contribution in [1.82, 2.24) is 10.2 Å². The van der Waals surface area contributed by atoms with Gasteiger partial charge in [-0.05, 0) is 24.3 Å². The van der Waals surface area contributed by atoms with Gasteiger partial charge >= 0.3 is 5.97 Å². The monoisotopic (exact) mass is 288 g/mol. The van der Waals surface area contributed by atoms with Crippen LogP contribution in [0.15, 0.2) is 30.3 Å². The van der Waals surface area contributed by atoms with Crippen molar-refractivity contribution in [2.24, 2.45) is 0 Å². The molecule has 1 aromatic carbocycles. The number of carboxylic acid groups (broad SMARTS) is 1. The summed E-state index contributed by atoms with van der Waals surface area (Å²) in [5, 5.41) is 12.7. The Kier molecular flexibility index (Phi) is 4.56. The van der Waals surface area contributed by atoms with Gasteiger partial charge in [-0.2, -0.15) is 0 Å². The van der Waals surface area contributed by atoms with E-state index >= 15 is 0 Å². The molecule has 1 saturated heterocycles. The number of hydrogen-bond acceptors (Lipinski definition) is 3. The van der Waals surface area contributed by atoms with E-state index in [1.807, 2.05) is 6.07 Å². The van der Waals surface area contributed by atoms with E-state index in [4.69, 9.17) is 0 Å². The summed E-state index contributed by atoms with van der Waals surface area (Å²) in [6.45, 7) is 2.29. The first kappa shape index (κ1) is 14.5. The van der Waals surface area contributed by atoms with E-state index < -0.39 is 5.97 Å². The Morgan fingerprint density at radius 1 is 1.19 bits per heavy atom. The number of rotatable bonds is 3. The lowest BCUT2D eigenvalue weighted by atomic mass is 9.78. The lowest BCUT2D eigenvalue weighted by molar-refractivity contribution is -0.145. The first-order chi connectivity index (χ1) is 10.3. The van der Waals surface area contributed by atoms with Crippen LogP contribution in [0.4, 0.5) is 0 Å². The van der Waals surface area contributed by atoms with E-state index in [9.17, 15) is 9.90 Å². The molecule has 1 aliphatic carbocycles. The highest BCUT2D eigenvalue weighted by Crippen LogP contribution is 2.37. The lowest BCUT2D eigenvalue weighted by Crippen LogP contribution is -2.59. The molecule has 1 saturated carbocycles. The van der Waals surface area contributed by atoms with Gasteiger partial charge in [0.2, 0.25) is 0 Å². The van der Waals surface area contributed by atoms with Crippen LogP contribution >= 0.6 is 0 Å². The molecule has 3 unspecified atom stereocenters. The van der Waals surface area contributed by atoms with Crippen molar-refractivity contribution in [3.05, 3.63) is 35.9 Å². The minimum absolute atomic E-state index is 0.365. The number of carbonyl (C=O) groups is 1. The van der Waals surface area contributed by atoms with Gasteiger partial charge in [-0.1, -0.05) is 43.2 Å². The first-order valence-corrected chi connectivity index (χ1v) is 8.01. The van der Waals surface area contributed by atoms with Crippen LogP contribution in [0.1, 0.15) is 37.2 Å². The summed E-state index contributed by atoms with van der Waals surface area (Å²) >= 11 is 0. The molecule has 0 spiro atoms. The predicted molar refractivity (Wildman–Crippen MR) is 82.4 cm³/mol. The van der Waals surface area contributed by atoms with Gasteiger partial charge in [0.05, 0.1) is 0 Å². The molecule has 1 aliphatic heterocycles. The molecule has 2 N–H and O–H groups in total. The molecule has 2 aliphatic rings. The maximum absolute atomic E-state index is 11.6. The van der Waals surface area contributed by atoms with Gasteiger partial charge in [-0.15, -0.1) is 0 Å². The van der Waals surface area contributed by atoms with Gasteiger partial charge in [-0.25, -0.2) is 0 Å². The molecule has 0 radical (unpaired) electrons. The molecular formula is C17H24N2O2. The molecule has 2 fully saturated rings. The molecule has 4 heteroatoms. The molecule has 4 nitrogen and oxygen atoms in total. The quantitative estimate of drug-likeness (QED) is 0.894. The second-order valence-corrected chi connectivity index (χ2v) is 6.16. The Hall–Kier alpha value is -1.39. The highest BCUT2D eigenvalue weighted by Gasteiger charge is 2.38. The number of aliphatic carboxylic acids is 1. The summed E-state index contributed by atoms with van der Waals surface area (Å²) in [7, 11) is 0. The molecule has 0 bridgehead atoms. The van der Waals surface area contributed by atoms with E-state index in [0.29, 0.717) is 18.5 Å². The van der Waals surface area contributed by atoms with Crippen molar-refractivity contribution in [2.45, 2.75) is 43.7 Å². The van der Waals surface area contributed by atoms with Crippen molar-refractivity contribution in [1.29, 1.82) is 0 Å². The van der Waals surface area contributed by atoms with Gasteiger partial charge in [0.15, 0.2) is 0 Å². The number of piperazine rings is 1. The van der Waals surface area contributed by atoms with E-state index in [1.165, 1.54) is 24.8 Å². The predicted octanol–water partition coefficient (Wildman–Crippen LogP) is 2.07. The van der Waals surface area contributed by atoms with Crippen molar-refractivity contribution < 1.29 is 9.90 Å². The zero-order valence-electron chi connectivity index (χ0n) is 12.4. The first-order valence-electron chi connectivity index (χ1n) is 8.01. The molecule has 21 heavy (non-hydrogen) atoms. The van der Waals surface area contributed by atoms with Crippen LogP contribution in [-0.4, -0.2) is 47.7 Å². The Balaban J connectivity index is 1.84. The fourth-order valence-corrected chi connectivity index (χ4v) is 3.94. The SMILES string of the molecule is O=C(O)C1CNCCN1C1CCCCC1c1ccccc1. The van der Waals surface area contributed by atoms with Crippen LogP contribution in [0.3, 0.4) is 0 Å². The van der Waals surface area contributed by atoms with Crippen molar-refractivity contribution in [3.8, 4) is 0 Å². The number of carboxylic acids is 1. The minimum Gasteiger partial charge on any atom is -0.480 e. The molecule has 0 aromatic heterocycles. The summed E-state index contributed by atoms with van der Waals surface area (Å²) in [5.41, 5.74) is 1.37. The number of benzene rings is 1. The largest absolute Gasteiger partial charge is 0.480 e. The second-order valence-electron chi connectivity index (χ2n) is 6.16. The summed E-state index contributed by atoms with van der Waals surface area (Å²) in [6.07, 6.45) is 4.75. The van der Waals surface area contributed by atoms with Gasteiger partial charge < -0.3 is 10.4 Å². The van der Waals surface area contributed by atoms with Gasteiger partial charge in [0, 0.05) is 25.7 Å². The third-order valence-electron chi connectivity index (χ3n) is 4.95. The molecule has 3 atom stereocenters. The van der Waals surface area contributed by atoms with Crippen LogP contribution in [0.2, 0.25) is 0 Å². The smallest absolute Gasteiger partial charge is 0.322 e. The van der Waals surface area contributed by atoms with Crippen molar-refractivity contribution in [2.75, 3.05) is 19.6 Å². The summed E-state index contributed by atoms with van der Waals surface area (Å²) in [5.74, 6) is -0.223. The maximum Gasteiger partial charge on any atom is 0.322 e. The zero-order chi connectivity index (χ0) is 14.7. The fourth-order valence-electron chi connectivity index (χ4n) is 3.94. The van der Waals surface area contributed by atoms with Crippen LogP contribution in [0, 0.1) is 0 Å². The Morgan fingerprint density at radius 2 is 1.95 bits per heavy atom. The highest BCUT2D eigenvalue weighted by atomic mass is 16.4. The van der Waals surface area contributed by atoms with Crippen LogP contribution < -0.4 is 5.32 Å².